The van der Waals surface area contributed by atoms with Gasteiger partial charge in [0.15, 0.2) is 0 Å². The van der Waals surface area contributed by atoms with Crippen molar-refractivity contribution in [1.82, 2.24) is 0 Å². The summed E-state index contributed by atoms with van der Waals surface area (Å²) in [5.74, 6) is -0.450. The Morgan fingerprint density at radius 3 is 2.67 bits per heavy atom. The van der Waals surface area contributed by atoms with Crippen LogP contribution in [0.25, 0.3) is 0 Å². The van der Waals surface area contributed by atoms with Crippen molar-refractivity contribution in [2.45, 2.75) is 17.7 Å². The molecule has 1 heterocycles. The summed E-state index contributed by atoms with van der Waals surface area (Å²) in [6.45, 7) is 0.381. The van der Waals surface area contributed by atoms with Gasteiger partial charge in [-0.1, -0.05) is 28.1 Å². The molecule has 24 heavy (non-hydrogen) atoms. The average Bonchev–Trinajstić information content (AvgIpc) is 2.60. The normalized spacial score (nSPS) is 14.2. The third-order valence-electron chi connectivity index (χ3n) is 4.00. The fourth-order valence-electron chi connectivity index (χ4n) is 2.90. The number of ether oxygens (including phenoxy) is 1. The summed E-state index contributed by atoms with van der Waals surface area (Å²) in [4.78, 5) is 12.2. The number of benzene rings is 2. The maximum absolute atomic E-state index is 13.0. The largest absolute Gasteiger partial charge is 0.465 e. The molecule has 0 saturated carbocycles. The topological polar surface area (TPSA) is 63.7 Å². The number of hydrogen-bond acceptors (Lipinski definition) is 4. The Hall–Kier alpha value is -1.86. The number of halogens is 1. The molecule has 0 unspecified atom stereocenters. The Balaban J connectivity index is 2.12. The predicted octanol–water partition coefficient (Wildman–Crippen LogP) is 3.38. The van der Waals surface area contributed by atoms with Crippen LogP contribution in [0.2, 0.25) is 0 Å². The average molecular weight is 410 g/mol. The van der Waals surface area contributed by atoms with Crippen LogP contribution < -0.4 is 4.31 Å². The highest BCUT2D eigenvalue weighted by atomic mass is 79.9. The Kier molecular flexibility index (Phi) is 4.64. The van der Waals surface area contributed by atoms with E-state index >= 15 is 0 Å². The van der Waals surface area contributed by atoms with Gasteiger partial charge in [0.25, 0.3) is 10.0 Å². The summed E-state index contributed by atoms with van der Waals surface area (Å²) in [6.07, 6.45) is 1.29. The summed E-state index contributed by atoms with van der Waals surface area (Å²) in [7, 11) is -2.38. The first-order valence-corrected chi connectivity index (χ1v) is 9.67. The minimum absolute atomic E-state index is 0.216. The molecule has 0 atom stereocenters. The minimum atomic E-state index is -3.70. The van der Waals surface area contributed by atoms with Crippen LogP contribution in [0.4, 0.5) is 5.69 Å². The van der Waals surface area contributed by atoms with Gasteiger partial charge in [-0.3, -0.25) is 4.31 Å². The molecule has 2 aromatic rings. The van der Waals surface area contributed by atoms with E-state index in [0.29, 0.717) is 40.7 Å². The van der Waals surface area contributed by atoms with Crippen LogP contribution >= 0.6 is 15.9 Å². The van der Waals surface area contributed by atoms with E-state index in [9.17, 15) is 13.2 Å². The van der Waals surface area contributed by atoms with Crippen molar-refractivity contribution in [1.29, 1.82) is 0 Å². The standard InChI is InChI=1S/C17H16BrNO4S/c1-23-17(20)15-7-3-9-16-14(15)8-4-10-19(16)24(21,22)13-6-2-5-12(18)11-13/h2-3,5-7,9,11H,4,8,10H2,1H3. The van der Waals surface area contributed by atoms with Crippen molar-refractivity contribution >= 4 is 37.6 Å². The molecule has 0 bridgehead atoms. The number of methoxy groups -OCH3 is 1. The molecule has 1 aliphatic rings. The number of nitrogens with zero attached hydrogens (tertiary/aromatic N) is 1. The van der Waals surface area contributed by atoms with E-state index in [2.05, 4.69) is 15.9 Å². The van der Waals surface area contributed by atoms with Gasteiger partial charge < -0.3 is 4.74 Å². The molecule has 0 amide bonds. The van der Waals surface area contributed by atoms with Crippen molar-refractivity contribution < 1.29 is 17.9 Å². The van der Waals surface area contributed by atoms with Crippen LogP contribution in [0.5, 0.6) is 0 Å². The van der Waals surface area contributed by atoms with Crippen molar-refractivity contribution in [3.8, 4) is 0 Å². The van der Waals surface area contributed by atoms with Crippen LogP contribution in [0.1, 0.15) is 22.3 Å². The molecule has 7 heteroatoms. The van der Waals surface area contributed by atoms with Gasteiger partial charge in [0.1, 0.15) is 0 Å². The Morgan fingerprint density at radius 1 is 1.21 bits per heavy atom. The number of carbonyl (C=O) groups is 1. The Bertz CT molecular complexity index is 895. The van der Waals surface area contributed by atoms with Gasteiger partial charge in [-0.15, -0.1) is 0 Å². The van der Waals surface area contributed by atoms with E-state index in [4.69, 9.17) is 4.74 Å². The third kappa shape index (κ3) is 2.93. The van der Waals surface area contributed by atoms with Crippen LogP contribution in [0, 0.1) is 0 Å². The highest BCUT2D eigenvalue weighted by Gasteiger charge is 2.31. The number of sulfonamides is 1. The van der Waals surface area contributed by atoms with Gasteiger partial charge in [0.2, 0.25) is 0 Å². The smallest absolute Gasteiger partial charge is 0.338 e. The second-order valence-corrected chi connectivity index (χ2v) is 8.21. The van der Waals surface area contributed by atoms with Gasteiger partial charge in [-0.05, 0) is 48.7 Å². The lowest BCUT2D eigenvalue weighted by molar-refractivity contribution is 0.0599. The zero-order valence-electron chi connectivity index (χ0n) is 13.0. The zero-order valence-corrected chi connectivity index (χ0v) is 15.4. The van der Waals surface area contributed by atoms with Crippen molar-refractivity contribution in [3.63, 3.8) is 0 Å². The first kappa shape index (κ1) is 17.0. The lowest BCUT2D eigenvalue weighted by Gasteiger charge is -2.31. The van der Waals surface area contributed by atoms with Gasteiger partial charge in [0, 0.05) is 11.0 Å². The number of esters is 1. The Morgan fingerprint density at radius 2 is 1.96 bits per heavy atom. The molecule has 1 aliphatic heterocycles. The highest BCUT2D eigenvalue weighted by Crippen LogP contribution is 2.34. The van der Waals surface area contributed by atoms with Crippen molar-refractivity contribution in [2.24, 2.45) is 0 Å². The molecule has 0 aromatic heterocycles. The van der Waals surface area contributed by atoms with E-state index in [1.165, 1.54) is 11.4 Å². The molecule has 0 saturated heterocycles. The maximum Gasteiger partial charge on any atom is 0.338 e. The molecule has 3 rings (SSSR count). The van der Waals surface area contributed by atoms with E-state index in [1.54, 1.807) is 42.5 Å². The molecule has 5 nitrogen and oxygen atoms in total. The zero-order chi connectivity index (χ0) is 17.3. The number of anilines is 1. The van der Waals surface area contributed by atoms with Gasteiger partial charge in [-0.2, -0.15) is 0 Å². The monoisotopic (exact) mass is 409 g/mol. The minimum Gasteiger partial charge on any atom is -0.465 e. The lowest BCUT2D eigenvalue weighted by Crippen LogP contribution is -2.36. The molecule has 0 aliphatic carbocycles. The molecule has 0 N–H and O–H groups in total. The number of hydrogen-bond donors (Lipinski definition) is 0. The second-order valence-electron chi connectivity index (χ2n) is 5.43. The van der Waals surface area contributed by atoms with Crippen LogP contribution in [-0.4, -0.2) is 28.0 Å². The van der Waals surface area contributed by atoms with E-state index < -0.39 is 16.0 Å². The predicted molar refractivity (Wildman–Crippen MR) is 94.8 cm³/mol. The summed E-state index contributed by atoms with van der Waals surface area (Å²) < 4.78 is 33.0. The molecule has 0 radical (unpaired) electrons. The number of carbonyl (C=O) groups excluding carboxylic acids is 1. The molecular weight excluding hydrogens is 394 g/mol. The maximum atomic E-state index is 13.0. The lowest BCUT2D eigenvalue weighted by atomic mass is 9.98. The number of fused-ring (bicyclic) bond motifs is 1. The molecule has 0 spiro atoms. The van der Waals surface area contributed by atoms with E-state index in [-0.39, 0.29) is 4.90 Å². The van der Waals surface area contributed by atoms with Gasteiger partial charge in [0.05, 0.1) is 23.3 Å². The fraction of sp³-hybridized carbons (Fsp3) is 0.235. The summed E-state index contributed by atoms with van der Waals surface area (Å²) >= 11 is 3.31. The molecular formula is C17H16BrNO4S. The summed E-state index contributed by atoms with van der Waals surface area (Å²) in [5.41, 5.74) is 1.68. The van der Waals surface area contributed by atoms with Crippen molar-refractivity contribution in [3.05, 3.63) is 58.1 Å². The molecule has 0 fully saturated rings. The highest BCUT2D eigenvalue weighted by molar-refractivity contribution is 9.10. The summed E-state index contributed by atoms with van der Waals surface area (Å²) in [5, 5.41) is 0. The molecule has 2 aromatic carbocycles. The SMILES string of the molecule is COC(=O)c1cccc2c1CCCN2S(=O)(=O)c1cccc(Br)c1. The van der Waals surface area contributed by atoms with E-state index in [0.717, 1.165) is 0 Å². The van der Waals surface area contributed by atoms with Crippen LogP contribution in [0.3, 0.4) is 0 Å². The number of rotatable bonds is 3. The van der Waals surface area contributed by atoms with Gasteiger partial charge >= 0.3 is 5.97 Å². The van der Waals surface area contributed by atoms with E-state index in [1.807, 2.05) is 0 Å². The second kappa shape index (κ2) is 6.57. The molecule has 126 valence electrons. The fourth-order valence-corrected chi connectivity index (χ4v) is 5.03. The quantitative estimate of drug-likeness (QED) is 0.728. The Labute approximate surface area is 149 Å². The van der Waals surface area contributed by atoms with Crippen LogP contribution in [0.15, 0.2) is 51.8 Å². The first-order chi connectivity index (χ1) is 11.4. The summed E-state index contributed by atoms with van der Waals surface area (Å²) in [6, 6.07) is 11.7. The van der Waals surface area contributed by atoms with Gasteiger partial charge in [-0.25, -0.2) is 13.2 Å². The third-order valence-corrected chi connectivity index (χ3v) is 6.30. The first-order valence-electron chi connectivity index (χ1n) is 7.43. The van der Waals surface area contributed by atoms with Crippen molar-refractivity contribution in [2.75, 3.05) is 18.0 Å². The van der Waals surface area contributed by atoms with Crippen LogP contribution in [-0.2, 0) is 21.2 Å².